The number of nitrogens with zero attached hydrogens (tertiary/aromatic N) is 1. The van der Waals surface area contributed by atoms with Crippen LogP contribution in [0.3, 0.4) is 0 Å². The second-order valence-electron chi connectivity index (χ2n) is 5.82. The van der Waals surface area contributed by atoms with Crippen molar-refractivity contribution in [3.8, 4) is 0 Å². The predicted molar refractivity (Wildman–Crippen MR) is 71.2 cm³/mol. The fourth-order valence-corrected chi connectivity index (χ4v) is 1.84. The van der Waals surface area contributed by atoms with Crippen molar-refractivity contribution in [1.82, 2.24) is 15.5 Å². The summed E-state index contributed by atoms with van der Waals surface area (Å²) >= 11 is 0. The van der Waals surface area contributed by atoms with Crippen molar-refractivity contribution in [2.75, 3.05) is 26.2 Å². The fourth-order valence-electron chi connectivity index (χ4n) is 1.84. The lowest BCUT2D eigenvalue weighted by Gasteiger charge is -2.27. The van der Waals surface area contributed by atoms with Gasteiger partial charge in [-0.25, -0.2) is 0 Å². The first-order chi connectivity index (χ1) is 8.38. The largest absolute Gasteiger partial charge is 0.346 e. The van der Waals surface area contributed by atoms with Gasteiger partial charge < -0.3 is 15.5 Å². The number of piperidine rings is 1. The molecule has 18 heavy (non-hydrogen) atoms. The highest BCUT2D eigenvalue weighted by atomic mass is 16.2. The summed E-state index contributed by atoms with van der Waals surface area (Å²) < 4.78 is 0. The van der Waals surface area contributed by atoms with Gasteiger partial charge in [-0.3, -0.25) is 9.59 Å². The van der Waals surface area contributed by atoms with E-state index in [0.717, 1.165) is 25.9 Å². The van der Waals surface area contributed by atoms with Crippen LogP contribution in [0.1, 0.15) is 40.0 Å². The zero-order chi connectivity index (χ0) is 13.6. The van der Waals surface area contributed by atoms with Gasteiger partial charge in [0.1, 0.15) is 0 Å². The number of likely N-dealkylation sites (tertiary alicyclic amines) is 1. The van der Waals surface area contributed by atoms with Crippen LogP contribution in [0.15, 0.2) is 0 Å². The fraction of sp³-hybridized carbons (Fsp3) is 0.846. The number of carbonyl (C=O) groups excluding carboxylic acids is 2. The van der Waals surface area contributed by atoms with Crippen LogP contribution < -0.4 is 10.6 Å². The molecule has 1 fully saturated rings. The Kier molecular flexibility index (Phi) is 5.59. The van der Waals surface area contributed by atoms with E-state index in [9.17, 15) is 9.59 Å². The van der Waals surface area contributed by atoms with E-state index in [1.54, 1.807) is 0 Å². The molecule has 104 valence electrons. The van der Waals surface area contributed by atoms with Crippen molar-refractivity contribution >= 4 is 11.8 Å². The lowest BCUT2D eigenvalue weighted by atomic mass is 10.1. The number of carbonyl (C=O) groups is 2. The van der Waals surface area contributed by atoms with Crippen LogP contribution >= 0.6 is 0 Å². The predicted octanol–water partition coefficient (Wildman–Crippen LogP) is 0.503. The zero-order valence-corrected chi connectivity index (χ0v) is 11.7. The average molecular weight is 255 g/mol. The Balaban J connectivity index is 2.19. The summed E-state index contributed by atoms with van der Waals surface area (Å²) in [6.07, 6.45) is 3.35. The monoisotopic (exact) mass is 255 g/mol. The Morgan fingerprint density at radius 1 is 1.06 bits per heavy atom. The molecule has 0 aromatic rings. The van der Waals surface area contributed by atoms with Crippen molar-refractivity contribution < 1.29 is 9.59 Å². The van der Waals surface area contributed by atoms with Crippen LogP contribution in [-0.2, 0) is 9.59 Å². The maximum absolute atomic E-state index is 11.8. The van der Waals surface area contributed by atoms with E-state index >= 15 is 0 Å². The van der Waals surface area contributed by atoms with Crippen LogP contribution in [0, 0.1) is 0 Å². The molecule has 0 saturated carbocycles. The third-order valence-electron chi connectivity index (χ3n) is 2.92. The van der Waals surface area contributed by atoms with E-state index in [0.29, 0.717) is 0 Å². The van der Waals surface area contributed by atoms with Gasteiger partial charge in [0.25, 0.3) is 0 Å². The molecule has 2 amide bonds. The van der Waals surface area contributed by atoms with Gasteiger partial charge in [-0.2, -0.15) is 0 Å². The summed E-state index contributed by atoms with van der Waals surface area (Å²) in [5.41, 5.74) is -0.0891. The van der Waals surface area contributed by atoms with Gasteiger partial charge >= 0.3 is 0 Å². The summed E-state index contributed by atoms with van der Waals surface area (Å²) in [6.45, 7) is 8.02. The normalized spacial score (nSPS) is 16.5. The van der Waals surface area contributed by atoms with Gasteiger partial charge in [0, 0.05) is 18.6 Å². The summed E-state index contributed by atoms with van der Waals surface area (Å²) in [6, 6.07) is 0. The minimum absolute atomic E-state index is 0.0267. The molecule has 1 rings (SSSR count). The average Bonchev–Trinajstić information content (AvgIpc) is 2.33. The van der Waals surface area contributed by atoms with E-state index in [2.05, 4.69) is 10.6 Å². The summed E-state index contributed by atoms with van der Waals surface area (Å²) in [7, 11) is 0. The van der Waals surface area contributed by atoms with Crippen molar-refractivity contribution in [3.05, 3.63) is 0 Å². The molecule has 5 heteroatoms. The quantitative estimate of drug-likeness (QED) is 0.769. The molecule has 5 nitrogen and oxygen atoms in total. The molecule has 0 spiro atoms. The van der Waals surface area contributed by atoms with Crippen LogP contribution in [0.4, 0.5) is 0 Å². The summed E-state index contributed by atoms with van der Waals surface area (Å²) in [4.78, 5) is 25.2. The van der Waals surface area contributed by atoms with Gasteiger partial charge in [0.15, 0.2) is 0 Å². The molecule has 2 N–H and O–H groups in total. The lowest BCUT2D eigenvalue weighted by molar-refractivity contribution is -0.133. The van der Waals surface area contributed by atoms with E-state index in [1.165, 1.54) is 6.42 Å². The van der Waals surface area contributed by atoms with E-state index < -0.39 is 0 Å². The maximum atomic E-state index is 11.8. The van der Waals surface area contributed by atoms with E-state index in [-0.39, 0.29) is 30.4 Å². The first kappa shape index (κ1) is 15.0. The van der Waals surface area contributed by atoms with Crippen molar-refractivity contribution in [2.45, 2.75) is 45.6 Å². The number of rotatable bonds is 4. The van der Waals surface area contributed by atoms with Crippen LogP contribution in [0.5, 0.6) is 0 Å². The Labute approximate surface area is 109 Å². The Morgan fingerprint density at radius 3 is 2.22 bits per heavy atom. The maximum Gasteiger partial charge on any atom is 0.241 e. The van der Waals surface area contributed by atoms with Crippen molar-refractivity contribution in [3.63, 3.8) is 0 Å². The standard InChI is InChI=1S/C13H25N3O2/c1-13(2,3)15-9-11(17)14-10-12(18)16-7-5-4-6-8-16/h15H,4-10H2,1-3H3,(H,14,17). The molecular formula is C13H25N3O2. The Hall–Kier alpha value is -1.10. The van der Waals surface area contributed by atoms with Gasteiger partial charge in [0.2, 0.25) is 11.8 Å². The molecule has 0 bridgehead atoms. The summed E-state index contributed by atoms with van der Waals surface area (Å²) in [5.74, 6) is -0.103. The van der Waals surface area contributed by atoms with Gasteiger partial charge in [0.05, 0.1) is 13.1 Å². The molecule has 0 radical (unpaired) electrons. The van der Waals surface area contributed by atoms with Crippen molar-refractivity contribution in [1.29, 1.82) is 0 Å². The summed E-state index contributed by atoms with van der Waals surface area (Å²) in [5, 5.41) is 5.75. The van der Waals surface area contributed by atoms with Crippen LogP contribution in [-0.4, -0.2) is 48.4 Å². The van der Waals surface area contributed by atoms with Gasteiger partial charge in [-0.1, -0.05) is 0 Å². The first-order valence-corrected chi connectivity index (χ1v) is 6.68. The topological polar surface area (TPSA) is 61.4 Å². The minimum atomic E-state index is -0.129. The molecule has 1 aliphatic rings. The highest BCUT2D eigenvalue weighted by Crippen LogP contribution is 2.08. The lowest BCUT2D eigenvalue weighted by Crippen LogP contribution is -2.47. The number of hydrogen-bond acceptors (Lipinski definition) is 3. The number of nitrogens with one attached hydrogen (secondary N) is 2. The molecule has 0 aromatic carbocycles. The molecule has 1 aliphatic heterocycles. The molecule has 1 heterocycles. The van der Waals surface area contributed by atoms with Crippen molar-refractivity contribution in [2.24, 2.45) is 0 Å². The number of hydrogen-bond donors (Lipinski definition) is 2. The smallest absolute Gasteiger partial charge is 0.241 e. The SMILES string of the molecule is CC(C)(C)NCC(=O)NCC(=O)N1CCCCC1. The van der Waals surface area contributed by atoms with Gasteiger partial charge in [-0.15, -0.1) is 0 Å². The Bertz CT molecular complexity index is 291. The molecule has 1 saturated heterocycles. The second kappa shape index (κ2) is 6.73. The van der Waals surface area contributed by atoms with E-state index in [4.69, 9.17) is 0 Å². The third-order valence-corrected chi connectivity index (χ3v) is 2.92. The molecule has 0 aliphatic carbocycles. The van der Waals surface area contributed by atoms with E-state index in [1.807, 2.05) is 25.7 Å². The highest BCUT2D eigenvalue weighted by molar-refractivity contribution is 5.85. The molecular weight excluding hydrogens is 230 g/mol. The highest BCUT2D eigenvalue weighted by Gasteiger charge is 2.17. The molecule has 0 unspecified atom stereocenters. The number of amides is 2. The van der Waals surface area contributed by atoms with Crippen LogP contribution in [0.2, 0.25) is 0 Å². The van der Waals surface area contributed by atoms with Gasteiger partial charge in [-0.05, 0) is 40.0 Å². The first-order valence-electron chi connectivity index (χ1n) is 6.68. The van der Waals surface area contributed by atoms with Crippen LogP contribution in [0.25, 0.3) is 0 Å². The zero-order valence-electron chi connectivity index (χ0n) is 11.7. The molecule has 0 aromatic heterocycles. The Morgan fingerprint density at radius 2 is 1.67 bits per heavy atom. The minimum Gasteiger partial charge on any atom is -0.346 e. The third kappa shape index (κ3) is 6.00. The second-order valence-corrected chi connectivity index (χ2v) is 5.82. The molecule has 0 atom stereocenters.